The third-order valence-corrected chi connectivity index (χ3v) is 5.22. The van der Waals surface area contributed by atoms with E-state index >= 15 is 0 Å². The van der Waals surface area contributed by atoms with Gasteiger partial charge in [-0.15, -0.1) is 0 Å². The minimum absolute atomic E-state index is 0.168. The number of hydrogen-bond donors (Lipinski definition) is 2. The summed E-state index contributed by atoms with van der Waals surface area (Å²) in [6.07, 6.45) is 7.43. The van der Waals surface area contributed by atoms with Gasteiger partial charge in [0.1, 0.15) is 0 Å². The smallest absolute Gasteiger partial charge is 0.0465 e. The zero-order valence-corrected chi connectivity index (χ0v) is 13.5. The summed E-state index contributed by atoms with van der Waals surface area (Å²) in [7, 11) is 1.77. The quantitative estimate of drug-likeness (QED) is 0.598. The molecule has 1 saturated carbocycles. The first kappa shape index (κ1) is 16.5. The summed E-state index contributed by atoms with van der Waals surface area (Å²) in [6.45, 7) is 3.09. The van der Waals surface area contributed by atoms with Crippen molar-refractivity contribution in [1.29, 1.82) is 0 Å². The molecule has 1 aromatic rings. The Hall–Kier alpha value is -0.900. The molecule has 1 aliphatic rings. The molecule has 118 valence electrons. The van der Waals surface area contributed by atoms with Crippen LogP contribution in [0.15, 0.2) is 30.3 Å². The average Bonchev–Trinajstić information content (AvgIpc) is 2.55. The maximum Gasteiger partial charge on any atom is 0.0465 e. The van der Waals surface area contributed by atoms with Gasteiger partial charge >= 0.3 is 0 Å². The minimum Gasteiger partial charge on any atom is -0.385 e. The molecule has 2 rings (SSSR count). The monoisotopic (exact) mass is 290 g/mol. The van der Waals surface area contributed by atoms with Gasteiger partial charge in [0, 0.05) is 25.2 Å². The second kappa shape index (κ2) is 7.92. The Bertz CT molecular complexity index is 401. The number of benzene rings is 1. The van der Waals surface area contributed by atoms with Crippen LogP contribution in [-0.2, 0) is 10.2 Å². The molecular formula is C18H30N2O. The van der Waals surface area contributed by atoms with Crippen LogP contribution in [0.5, 0.6) is 0 Å². The molecule has 3 heteroatoms. The van der Waals surface area contributed by atoms with E-state index in [4.69, 9.17) is 10.6 Å². The van der Waals surface area contributed by atoms with Crippen molar-refractivity contribution >= 4 is 0 Å². The second-order valence-electron chi connectivity index (χ2n) is 6.49. The maximum absolute atomic E-state index is 6.01. The largest absolute Gasteiger partial charge is 0.385 e. The Balaban J connectivity index is 2.29. The first-order chi connectivity index (χ1) is 10.2. The molecule has 3 N–H and O–H groups in total. The molecule has 0 aromatic heterocycles. The molecule has 0 aliphatic heterocycles. The van der Waals surface area contributed by atoms with Gasteiger partial charge in [0.05, 0.1) is 0 Å². The van der Waals surface area contributed by atoms with E-state index in [9.17, 15) is 0 Å². The van der Waals surface area contributed by atoms with E-state index in [1.165, 1.54) is 37.7 Å². The van der Waals surface area contributed by atoms with E-state index in [0.29, 0.717) is 12.0 Å². The molecule has 2 atom stereocenters. The van der Waals surface area contributed by atoms with E-state index in [-0.39, 0.29) is 5.41 Å². The normalized spacial score (nSPS) is 20.9. The molecule has 1 aromatic carbocycles. The zero-order valence-electron chi connectivity index (χ0n) is 13.5. The van der Waals surface area contributed by atoms with Gasteiger partial charge in [0.25, 0.3) is 0 Å². The minimum atomic E-state index is 0.168. The van der Waals surface area contributed by atoms with Crippen LogP contribution < -0.4 is 11.3 Å². The summed E-state index contributed by atoms with van der Waals surface area (Å²) in [5, 5.41) is 0. The van der Waals surface area contributed by atoms with Gasteiger partial charge < -0.3 is 4.74 Å². The van der Waals surface area contributed by atoms with Crippen LogP contribution in [0.1, 0.15) is 51.0 Å². The lowest BCUT2D eigenvalue weighted by Crippen LogP contribution is -2.55. The van der Waals surface area contributed by atoms with E-state index < -0.39 is 0 Å². The predicted molar refractivity (Wildman–Crippen MR) is 88.0 cm³/mol. The highest BCUT2D eigenvalue weighted by Gasteiger charge is 2.42. The van der Waals surface area contributed by atoms with Gasteiger partial charge in [-0.1, -0.05) is 56.5 Å². The zero-order chi connectivity index (χ0) is 15.1. The number of ether oxygens (including phenoxy) is 1. The van der Waals surface area contributed by atoms with Crippen LogP contribution in [0.2, 0.25) is 0 Å². The van der Waals surface area contributed by atoms with Crippen molar-refractivity contribution in [2.75, 3.05) is 13.7 Å². The molecule has 0 bridgehead atoms. The first-order valence-electron chi connectivity index (χ1n) is 8.25. The standard InChI is InChI=1S/C18H30N2O/c1-15(11-14-21-2)17(20-19)18(12-7-4-8-13-18)16-9-5-3-6-10-16/h3,5-6,9-10,15,17,20H,4,7-8,11-14,19H2,1-2H3. The van der Waals surface area contributed by atoms with E-state index in [0.717, 1.165) is 13.0 Å². The van der Waals surface area contributed by atoms with E-state index in [1.54, 1.807) is 7.11 Å². The predicted octanol–water partition coefficient (Wildman–Crippen LogP) is 3.39. The van der Waals surface area contributed by atoms with Crippen LogP contribution in [0.3, 0.4) is 0 Å². The van der Waals surface area contributed by atoms with Crippen LogP contribution in [0.25, 0.3) is 0 Å². The molecule has 21 heavy (non-hydrogen) atoms. The van der Waals surface area contributed by atoms with Gasteiger partial charge in [-0.3, -0.25) is 11.3 Å². The van der Waals surface area contributed by atoms with Gasteiger partial charge in [0.2, 0.25) is 0 Å². The highest BCUT2D eigenvalue weighted by Crippen LogP contribution is 2.44. The van der Waals surface area contributed by atoms with Crippen LogP contribution >= 0.6 is 0 Å². The molecule has 1 fully saturated rings. The lowest BCUT2D eigenvalue weighted by Gasteiger charge is -2.46. The number of methoxy groups -OCH3 is 1. The van der Waals surface area contributed by atoms with Crippen molar-refractivity contribution in [3.63, 3.8) is 0 Å². The summed E-state index contributed by atoms with van der Waals surface area (Å²) < 4.78 is 5.26. The van der Waals surface area contributed by atoms with Crippen molar-refractivity contribution < 1.29 is 4.74 Å². The van der Waals surface area contributed by atoms with Gasteiger partial charge in [-0.2, -0.15) is 0 Å². The number of rotatable bonds is 7. The first-order valence-corrected chi connectivity index (χ1v) is 8.25. The summed E-state index contributed by atoms with van der Waals surface area (Å²) in [6, 6.07) is 11.3. The summed E-state index contributed by atoms with van der Waals surface area (Å²) in [5.74, 6) is 6.50. The third kappa shape index (κ3) is 3.65. The Morgan fingerprint density at radius 1 is 1.19 bits per heavy atom. The average molecular weight is 290 g/mol. The fourth-order valence-electron chi connectivity index (χ4n) is 4.07. The maximum atomic E-state index is 6.01. The molecule has 0 radical (unpaired) electrons. The third-order valence-electron chi connectivity index (χ3n) is 5.22. The van der Waals surface area contributed by atoms with Gasteiger partial charge in [-0.05, 0) is 30.7 Å². The molecule has 0 heterocycles. The van der Waals surface area contributed by atoms with Crippen LogP contribution in [0.4, 0.5) is 0 Å². The van der Waals surface area contributed by atoms with Crippen molar-refractivity contribution in [2.24, 2.45) is 11.8 Å². The fourth-order valence-corrected chi connectivity index (χ4v) is 4.07. The van der Waals surface area contributed by atoms with Crippen molar-refractivity contribution in [1.82, 2.24) is 5.43 Å². The van der Waals surface area contributed by atoms with Crippen molar-refractivity contribution in [3.05, 3.63) is 35.9 Å². The van der Waals surface area contributed by atoms with Crippen LogP contribution in [-0.4, -0.2) is 19.8 Å². The van der Waals surface area contributed by atoms with Crippen molar-refractivity contribution in [3.8, 4) is 0 Å². The fraction of sp³-hybridized carbons (Fsp3) is 0.667. The molecule has 1 aliphatic carbocycles. The Labute approximate surface area is 129 Å². The molecule has 0 saturated heterocycles. The summed E-state index contributed by atoms with van der Waals surface area (Å²) >= 11 is 0. The van der Waals surface area contributed by atoms with Gasteiger partial charge in [0.15, 0.2) is 0 Å². The molecule has 0 amide bonds. The number of nitrogens with two attached hydrogens (primary N) is 1. The number of hydrazine groups is 1. The molecule has 2 unspecified atom stereocenters. The number of nitrogens with one attached hydrogen (secondary N) is 1. The Kier molecular flexibility index (Phi) is 6.22. The SMILES string of the molecule is COCCC(C)C(NN)C1(c2ccccc2)CCCCC1. The second-order valence-corrected chi connectivity index (χ2v) is 6.49. The summed E-state index contributed by atoms with van der Waals surface area (Å²) in [5.41, 5.74) is 4.77. The van der Waals surface area contributed by atoms with E-state index in [2.05, 4.69) is 42.7 Å². The van der Waals surface area contributed by atoms with E-state index in [1.807, 2.05) is 0 Å². The molecule has 0 spiro atoms. The highest BCUT2D eigenvalue weighted by molar-refractivity contribution is 5.29. The summed E-state index contributed by atoms with van der Waals surface area (Å²) in [4.78, 5) is 0. The molecular weight excluding hydrogens is 260 g/mol. The highest BCUT2D eigenvalue weighted by atomic mass is 16.5. The lowest BCUT2D eigenvalue weighted by atomic mass is 9.62. The van der Waals surface area contributed by atoms with Crippen LogP contribution in [0, 0.1) is 5.92 Å². The van der Waals surface area contributed by atoms with Gasteiger partial charge in [-0.25, -0.2) is 0 Å². The van der Waals surface area contributed by atoms with Crippen molar-refractivity contribution in [2.45, 2.75) is 56.9 Å². The molecule has 3 nitrogen and oxygen atoms in total. The number of hydrogen-bond acceptors (Lipinski definition) is 3. The Morgan fingerprint density at radius 3 is 2.43 bits per heavy atom. The lowest BCUT2D eigenvalue weighted by molar-refractivity contribution is 0.128. The topological polar surface area (TPSA) is 47.3 Å². The Morgan fingerprint density at radius 2 is 1.86 bits per heavy atom.